The van der Waals surface area contributed by atoms with E-state index in [1.807, 2.05) is 6.07 Å². The lowest BCUT2D eigenvalue weighted by molar-refractivity contribution is -0.384. The highest BCUT2D eigenvalue weighted by atomic mass is 16.6. The van der Waals surface area contributed by atoms with Crippen LogP contribution in [0.1, 0.15) is 17.0 Å². The number of esters is 1. The van der Waals surface area contributed by atoms with E-state index in [0.29, 0.717) is 5.69 Å². The summed E-state index contributed by atoms with van der Waals surface area (Å²) in [7, 11) is 2.88. The third-order valence-corrected chi connectivity index (χ3v) is 3.81. The summed E-state index contributed by atoms with van der Waals surface area (Å²) < 4.78 is 6.14. The number of nitrogens with zero attached hydrogens (tertiary/aromatic N) is 3. The fourth-order valence-corrected chi connectivity index (χ4v) is 2.41. The van der Waals surface area contributed by atoms with Crippen molar-refractivity contribution in [3.05, 3.63) is 63.5 Å². The SMILES string of the molecule is COC(=O)Cc1ccc(C(O)(C#N)c2ccc([N+](=O)[O-])cc2)n1C. The molecule has 8 heteroatoms. The lowest BCUT2D eigenvalue weighted by Crippen LogP contribution is -2.28. The van der Waals surface area contributed by atoms with Crippen LogP contribution in [0.2, 0.25) is 0 Å². The molecule has 1 unspecified atom stereocenters. The Bertz CT molecular complexity index is 819. The molecule has 0 aliphatic rings. The number of nitriles is 1. The van der Waals surface area contributed by atoms with E-state index in [0.717, 1.165) is 0 Å². The number of carbonyl (C=O) groups excluding carboxylic acids is 1. The highest BCUT2D eigenvalue weighted by Crippen LogP contribution is 2.31. The summed E-state index contributed by atoms with van der Waals surface area (Å²) >= 11 is 0. The van der Waals surface area contributed by atoms with Gasteiger partial charge in [0.25, 0.3) is 5.69 Å². The van der Waals surface area contributed by atoms with Crippen LogP contribution in [0.3, 0.4) is 0 Å². The molecule has 1 aromatic heterocycles. The van der Waals surface area contributed by atoms with Gasteiger partial charge in [0.15, 0.2) is 0 Å². The zero-order valence-electron chi connectivity index (χ0n) is 13.1. The lowest BCUT2D eigenvalue weighted by Gasteiger charge is -2.22. The van der Waals surface area contributed by atoms with Crippen LogP contribution in [-0.4, -0.2) is 27.7 Å². The molecule has 0 bridgehead atoms. The molecular weight excluding hydrogens is 314 g/mol. The van der Waals surface area contributed by atoms with Gasteiger partial charge >= 0.3 is 5.97 Å². The van der Waals surface area contributed by atoms with Gasteiger partial charge in [0, 0.05) is 30.4 Å². The molecule has 1 N–H and O–H groups in total. The average Bonchev–Trinajstić information content (AvgIpc) is 2.95. The van der Waals surface area contributed by atoms with Crippen LogP contribution >= 0.6 is 0 Å². The van der Waals surface area contributed by atoms with Crippen LogP contribution in [0.4, 0.5) is 5.69 Å². The first-order chi connectivity index (χ1) is 11.3. The largest absolute Gasteiger partial charge is 0.469 e. The first kappa shape index (κ1) is 17.2. The van der Waals surface area contributed by atoms with Crippen LogP contribution < -0.4 is 0 Å². The standard InChI is InChI=1S/C16H15N3O5/c1-18-13(9-15(20)24-2)7-8-14(18)16(21,10-17)11-3-5-12(6-4-11)19(22)23/h3-8,21H,9H2,1-2H3. The quantitative estimate of drug-likeness (QED) is 0.383. The lowest BCUT2D eigenvalue weighted by atomic mass is 9.91. The van der Waals surface area contributed by atoms with Crippen LogP contribution in [-0.2, 0) is 28.6 Å². The molecule has 24 heavy (non-hydrogen) atoms. The first-order valence-electron chi connectivity index (χ1n) is 6.94. The molecule has 0 saturated carbocycles. The van der Waals surface area contributed by atoms with Crippen molar-refractivity contribution in [2.24, 2.45) is 7.05 Å². The Kier molecular flexibility index (Phi) is 4.66. The van der Waals surface area contributed by atoms with Crippen LogP contribution in [0.25, 0.3) is 0 Å². The topological polar surface area (TPSA) is 118 Å². The Morgan fingerprint density at radius 3 is 2.50 bits per heavy atom. The molecular formula is C16H15N3O5. The minimum Gasteiger partial charge on any atom is -0.469 e. The number of aliphatic hydroxyl groups is 1. The predicted octanol–water partition coefficient (Wildman–Crippen LogP) is 1.41. The average molecular weight is 329 g/mol. The predicted molar refractivity (Wildman–Crippen MR) is 82.8 cm³/mol. The van der Waals surface area contributed by atoms with Crippen LogP contribution in [0.5, 0.6) is 0 Å². The second-order valence-corrected chi connectivity index (χ2v) is 5.15. The van der Waals surface area contributed by atoms with Crippen molar-refractivity contribution in [2.45, 2.75) is 12.0 Å². The van der Waals surface area contributed by atoms with E-state index in [1.54, 1.807) is 13.1 Å². The van der Waals surface area contributed by atoms with Crippen molar-refractivity contribution in [1.29, 1.82) is 5.26 Å². The van der Waals surface area contributed by atoms with Gasteiger partial charge in [-0.15, -0.1) is 0 Å². The van der Waals surface area contributed by atoms with Crippen molar-refractivity contribution in [2.75, 3.05) is 7.11 Å². The molecule has 124 valence electrons. The summed E-state index contributed by atoms with van der Waals surface area (Å²) in [4.78, 5) is 21.6. The van der Waals surface area contributed by atoms with Crippen LogP contribution in [0, 0.1) is 21.4 Å². The van der Waals surface area contributed by atoms with E-state index in [9.17, 15) is 25.3 Å². The summed E-state index contributed by atoms with van der Waals surface area (Å²) in [5, 5.41) is 31.0. The molecule has 0 aliphatic carbocycles. The van der Waals surface area contributed by atoms with E-state index < -0.39 is 16.5 Å². The number of hydrogen-bond donors (Lipinski definition) is 1. The van der Waals surface area contributed by atoms with Gasteiger partial charge in [0.1, 0.15) is 6.07 Å². The molecule has 0 amide bonds. The number of hydrogen-bond acceptors (Lipinski definition) is 6. The van der Waals surface area contributed by atoms with E-state index in [1.165, 1.54) is 42.0 Å². The van der Waals surface area contributed by atoms with Crippen molar-refractivity contribution in [1.82, 2.24) is 4.57 Å². The molecule has 0 radical (unpaired) electrons. The number of methoxy groups -OCH3 is 1. The van der Waals surface area contributed by atoms with E-state index in [-0.39, 0.29) is 23.4 Å². The summed E-state index contributed by atoms with van der Waals surface area (Å²) in [6.45, 7) is 0. The summed E-state index contributed by atoms with van der Waals surface area (Å²) in [5.74, 6) is -0.446. The summed E-state index contributed by atoms with van der Waals surface area (Å²) in [6, 6.07) is 10.1. The number of carbonyl (C=O) groups is 1. The van der Waals surface area contributed by atoms with Gasteiger partial charge in [0.2, 0.25) is 5.60 Å². The molecule has 1 aromatic carbocycles. The highest BCUT2D eigenvalue weighted by Gasteiger charge is 2.35. The Morgan fingerprint density at radius 2 is 2.00 bits per heavy atom. The molecule has 0 aliphatic heterocycles. The number of rotatable bonds is 5. The van der Waals surface area contributed by atoms with Gasteiger partial charge in [-0.1, -0.05) is 0 Å². The molecule has 8 nitrogen and oxygen atoms in total. The molecule has 2 rings (SSSR count). The van der Waals surface area contributed by atoms with Gasteiger partial charge in [-0.3, -0.25) is 14.9 Å². The molecule has 0 fully saturated rings. The van der Waals surface area contributed by atoms with Gasteiger partial charge in [0.05, 0.1) is 24.1 Å². The fraction of sp³-hybridized carbons (Fsp3) is 0.250. The van der Waals surface area contributed by atoms with Gasteiger partial charge in [-0.2, -0.15) is 5.26 Å². The molecule has 0 spiro atoms. The van der Waals surface area contributed by atoms with Crippen LogP contribution in [0.15, 0.2) is 36.4 Å². The maximum absolute atomic E-state index is 11.4. The second-order valence-electron chi connectivity index (χ2n) is 5.15. The highest BCUT2D eigenvalue weighted by molar-refractivity contribution is 5.72. The number of ether oxygens (including phenoxy) is 1. The number of non-ortho nitro benzene ring substituents is 1. The second kappa shape index (κ2) is 6.52. The number of nitro benzene ring substituents is 1. The molecule has 0 saturated heterocycles. The monoisotopic (exact) mass is 329 g/mol. The van der Waals surface area contributed by atoms with Crippen molar-refractivity contribution in [3.8, 4) is 6.07 Å². The Balaban J connectivity index is 2.45. The van der Waals surface area contributed by atoms with Crippen molar-refractivity contribution in [3.63, 3.8) is 0 Å². The van der Waals surface area contributed by atoms with Crippen molar-refractivity contribution >= 4 is 11.7 Å². The zero-order valence-corrected chi connectivity index (χ0v) is 13.1. The van der Waals surface area contributed by atoms with Gasteiger partial charge in [-0.05, 0) is 24.3 Å². The minimum atomic E-state index is -2.00. The Morgan fingerprint density at radius 1 is 1.38 bits per heavy atom. The van der Waals surface area contributed by atoms with Gasteiger partial charge in [-0.25, -0.2) is 0 Å². The smallest absolute Gasteiger partial charge is 0.311 e. The number of benzene rings is 1. The maximum atomic E-state index is 11.4. The minimum absolute atomic E-state index is 0.00519. The third-order valence-electron chi connectivity index (χ3n) is 3.81. The summed E-state index contributed by atoms with van der Waals surface area (Å²) in [5.41, 5.74) is -1.14. The molecule has 1 heterocycles. The van der Waals surface area contributed by atoms with E-state index in [4.69, 9.17) is 0 Å². The van der Waals surface area contributed by atoms with E-state index in [2.05, 4.69) is 4.74 Å². The Hall–Kier alpha value is -3.18. The summed E-state index contributed by atoms with van der Waals surface area (Å²) in [6.07, 6.45) is -0.00519. The Labute approximate surface area is 137 Å². The molecule has 1 atom stereocenters. The van der Waals surface area contributed by atoms with E-state index >= 15 is 0 Å². The number of nitro groups is 1. The first-order valence-corrected chi connectivity index (χ1v) is 6.94. The number of aromatic nitrogens is 1. The fourth-order valence-electron chi connectivity index (χ4n) is 2.41. The zero-order chi connectivity index (χ0) is 17.9. The normalized spacial score (nSPS) is 12.9. The van der Waals surface area contributed by atoms with Gasteiger partial charge < -0.3 is 14.4 Å². The molecule has 2 aromatic rings. The van der Waals surface area contributed by atoms with Crippen molar-refractivity contribution < 1.29 is 19.6 Å². The maximum Gasteiger partial charge on any atom is 0.311 e. The third kappa shape index (κ3) is 2.98.